The van der Waals surface area contributed by atoms with Crippen LogP contribution >= 0.6 is 11.6 Å². The molecule has 0 aromatic heterocycles. The molecule has 0 aliphatic rings. The highest BCUT2D eigenvalue weighted by Crippen LogP contribution is 2.34. The zero-order valence-electron chi connectivity index (χ0n) is 11.9. The summed E-state index contributed by atoms with van der Waals surface area (Å²) in [4.78, 5) is 10.7. The second kappa shape index (κ2) is 6.83. The molecular formula is C16H13Cl2N3O2. The monoisotopic (exact) mass is 349 g/mol. The molecule has 4 N–H and O–H groups in total. The molecular weight excluding hydrogens is 337 g/mol. The topological polar surface area (TPSA) is 82.8 Å². The standard InChI is InChI=1S/C16H12ClN3O2.ClH/c17-10-5-6-11-12(9-10)13(18)7-8-14(11)19-15-3-1-2-4-16(15)20(21)22;/h1-9,19H,18H2;1H. The first-order chi connectivity index (χ1) is 10.6. The lowest BCUT2D eigenvalue weighted by atomic mass is 10.1. The van der Waals surface area contributed by atoms with Crippen molar-refractivity contribution in [3.8, 4) is 0 Å². The fourth-order valence-electron chi connectivity index (χ4n) is 2.37. The Labute approximate surface area is 143 Å². The minimum absolute atomic E-state index is 0. The molecule has 0 saturated heterocycles. The van der Waals surface area contributed by atoms with Crippen molar-refractivity contribution < 1.29 is 23.1 Å². The summed E-state index contributed by atoms with van der Waals surface area (Å²) in [6.07, 6.45) is 0. The molecule has 0 fully saturated rings. The van der Waals surface area contributed by atoms with Gasteiger partial charge in [-0.05, 0) is 24.3 Å². The number of halogens is 2. The average Bonchev–Trinajstić information content (AvgIpc) is 2.50. The summed E-state index contributed by atoms with van der Waals surface area (Å²) in [6, 6.07) is 15.8. The summed E-state index contributed by atoms with van der Waals surface area (Å²) >= 11 is 6.03. The first-order valence-electron chi connectivity index (χ1n) is 6.61. The lowest BCUT2D eigenvalue weighted by Gasteiger charge is -2.11. The second-order valence-electron chi connectivity index (χ2n) is 4.86. The van der Waals surface area contributed by atoms with E-state index < -0.39 is 4.92 Å². The van der Waals surface area contributed by atoms with Crippen molar-refractivity contribution in [2.45, 2.75) is 0 Å². The van der Waals surface area contributed by atoms with E-state index in [1.54, 1.807) is 24.3 Å². The van der Waals surface area contributed by atoms with Gasteiger partial charge in [0.05, 0.1) is 4.92 Å². The Kier molecular flexibility index (Phi) is 5.05. The van der Waals surface area contributed by atoms with Crippen LogP contribution in [0.15, 0.2) is 54.6 Å². The maximum absolute atomic E-state index is 11.1. The number of nitro benzene ring substituents is 1. The third kappa shape index (κ3) is 3.37. The molecule has 0 saturated carbocycles. The molecule has 118 valence electrons. The number of anilines is 2. The Bertz CT molecular complexity index is 884. The van der Waals surface area contributed by atoms with E-state index in [9.17, 15) is 10.1 Å². The van der Waals surface area contributed by atoms with Crippen molar-refractivity contribution in [3.63, 3.8) is 0 Å². The van der Waals surface area contributed by atoms with Gasteiger partial charge in [-0.15, -0.1) is 0 Å². The molecule has 3 aromatic rings. The van der Waals surface area contributed by atoms with E-state index in [2.05, 4.69) is 11.1 Å². The number of rotatable bonds is 3. The Morgan fingerprint density at radius 3 is 2.48 bits per heavy atom. The maximum Gasteiger partial charge on any atom is 0.292 e. The molecule has 0 atom stereocenters. The molecule has 0 amide bonds. The quantitative estimate of drug-likeness (QED) is 0.547. The lowest BCUT2D eigenvalue weighted by molar-refractivity contribution is -0.383. The summed E-state index contributed by atoms with van der Waals surface area (Å²) in [5.41, 5.74) is 6.09. The third-order valence-electron chi connectivity index (χ3n) is 3.44. The summed E-state index contributed by atoms with van der Waals surface area (Å²) < 4.78 is 0. The van der Waals surface area contributed by atoms with Crippen LogP contribution in [0, 0.1) is 10.1 Å². The molecule has 5 nitrogen and oxygen atoms in total. The Morgan fingerprint density at radius 2 is 1.74 bits per heavy atom. The van der Waals surface area contributed by atoms with E-state index in [1.165, 1.54) is 6.07 Å². The average molecular weight is 350 g/mol. The van der Waals surface area contributed by atoms with Gasteiger partial charge in [-0.1, -0.05) is 29.8 Å². The first kappa shape index (κ1) is 17.0. The van der Waals surface area contributed by atoms with E-state index in [0.717, 1.165) is 22.1 Å². The van der Waals surface area contributed by atoms with Crippen LogP contribution in [-0.4, -0.2) is 4.92 Å². The number of quaternary nitrogens is 1. The van der Waals surface area contributed by atoms with Crippen molar-refractivity contribution in [2.75, 3.05) is 5.32 Å². The van der Waals surface area contributed by atoms with Gasteiger partial charge in [-0.25, -0.2) is 0 Å². The number of nitrogens with one attached hydrogen (secondary N) is 1. The van der Waals surface area contributed by atoms with Crippen LogP contribution in [0.4, 0.5) is 22.7 Å². The lowest BCUT2D eigenvalue weighted by Crippen LogP contribution is -3.00. The maximum atomic E-state index is 11.1. The molecule has 7 heteroatoms. The number of nitro groups is 1. The molecule has 0 bridgehead atoms. The highest BCUT2D eigenvalue weighted by atomic mass is 35.5. The van der Waals surface area contributed by atoms with Gasteiger partial charge in [-0.3, -0.25) is 10.1 Å². The van der Waals surface area contributed by atoms with Gasteiger partial charge < -0.3 is 23.5 Å². The Morgan fingerprint density at radius 1 is 1.00 bits per heavy atom. The highest BCUT2D eigenvalue weighted by molar-refractivity contribution is 6.31. The molecule has 0 spiro atoms. The van der Waals surface area contributed by atoms with E-state index in [4.69, 9.17) is 11.6 Å². The smallest absolute Gasteiger partial charge is 0.292 e. The van der Waals surface area contributed by atoms with E-state index >= 15 is 0 Å². The Hall–Kier alpha value is -2.34. The molecule has 3 aromatic carbocycles. The van der Waals surface area contributed by atoms with Crippen molar-refractivity contribution in [2.24, 2.45) is 0 Å². The van der Waals surface area contributed by atoms with Gasteiger partial charge >= 0.3 is 0 Å². The number of para-hydroxylation sites is 2. The van der Waals surface area contributed by atoms with Crippen LogP contribution in [0.5, 0.6) is 0 Å². The molecule has 23 heavy (non-hydrogen) atoms. The fourth-order valence-corrected chi connectivity index (χ4v) is 2.55. The van der Waals surface area contributed by atoms with Crippen LogP contribution < -0.4 is 23.5 Å². The van der Waals surface area contributed by atoms with E-state index in [1.807, 2.05) is 24.3 Å². The third-order valence-corrected chi connectivity index (χ3v) is 3.67. The van der Waals surface area contributed by atoms with Gasteiger partial charge in [0.1, 0.15) is 11.4 Å². The predicted octanol–water partition coefficient (Wildman–Crippen LogP) is 1.02. The predicted molar refractivity (Wildman–Crippen MR) is 87.9 cm³/mol. The highest BCUT2D eigenvalue weighted by Gasteiger charge is 2.14. The molecule has 0 aliphatic heterocycles. The minimum Gasteiger partial charge on any atom is -1.00 e. The molecule has 0 unspecified atom stereocenters. The SMILES string of the molecule is [Cl-].[NH3+]c1ccc(Nc2ccccc2[N+](=O)[O-])c2ccc(Cl)cc12. The zero-order chi connectivity index (χ0) is 15.7. The summed E-state index contributed by atoms with van der Waals surface area (Å²) in [6.45, 7) is 0. The second-order valence-corrected chi connectivity index (χ2v) is 5.30. The van der Waals surface area contributed by atoms with Crippen molar-refractivity contribution in [1.29, 1.82) is 0 Å². The molecule has 0 radical (unpaired) electrons. The van der Waals surface area contributed by atoms with Gasteiger partial charge in [0.25, 0.3) is 5.69 Å². The fraction of sp³-hybridized carbons (Fsp3) is 0. The van der Waals surface area contributed by atoms with E-state index in [0.29, 0.717) is 10.7 Å². The Balaban J connectivity index is 0.00000192. The van der Waals surface area contributed by atoms with Gasteiger partial charge in [0.2, 0.25) is 0 Å². The van der Waals surface area contributed by atoms with Crippen LogP contribution in [0.3, 0.4) is 0 Å². The molecule has 3 rings (SSSR count). The van der Waals surface area contributed by atoms with Gasteiger partial charge in [0.15, 0.2) is 0 Å². The van der Waals surface area contributed by atoms with Crippen LogP contribution in [0.2, 0.25) is 5.02 Å². The minimum atomic E-state index is -0.406. The first-order valence-corrected chi connectivity index (χ1v) is 6.99. The summed E-state index contributed by atoms with van der Waals surface area (Å²) in [5.74, 6) is 0. The molecule has 0 aliphatic carbocycles. The van der Waals surface area contributed by atoms with Crippen molar-refractivity contribution in [3.05, 3.63) is 69.7 Å². The normalized spacial score (nSPS) is 10.2. The summed E-state index contributed by atoms with van der Waals surface area (Å²) in [5, 5.41) is 16.7. The molecule has 0 heterocycles. The van der Waals surface area contributed by atoms with Gasteiger partial charge in [0, 0.05) is 33.6 Å². The zero-order valence-corrected chi connectivity index (χ0v) is 13.4. The number of fused-ring (bicyclic) bond motifs is 1. The number of benzene rings is 3. The number of nitrogens with zero attached hydrogens (tertiary/aromatic N) is 1. The van der Waals surface area contributed by atoms with Gasteiger partial charge in [-0.2, -0.15) is 0 Å². The summed E-state index contributed by atoms with van der Waals surface area (Å²) in [7, 11) is 0. The number of hydrogen-bond donors (Lipinski definition) is 2. The largest absolute Gasteiger partial charge is 1.00 e. The van der Waals surface area contributed by atoms with Crippen molar-refractivity contribution >= 4 is 45.1 Å². The van der Waals surface area contributed by atoms with Crippen LogP contribution in [-0.2, 0) is 0 Å². The van der Waals surface area contributed by atoms with Crippen molar-refractivity contribution in [1.82, 2.24) is 0 Å². The van der Waals surface area contributed by atoms with Crippen LogP contribution in [0.25, 0.3) is 10.8 Å². The van der Waals surface area contributed by atoms with E-state index in [-0.39, 0.29) is 18.1 Å². The number of hydrogen-bond acceptors (Lipinski definition) is 3. The van der Waals surface area contributed by atoms with Crippen LogP contribution in [0.1, 0.15) is 0 Å².